The van der Waals surface area contributed by atoms with E-state index in [9.17, 15) is 9.59 Å². The lowest BCUT2D eigenvalue weighted by Gasteiger charge is -2.37. The van der Waals surface area contributed by atoms with E-state index >= 15 is 0 Å². The lowest BCUT2D eigenvalue weighted by atomic mass is 9.71. The van der Waals surface area contributed by atoms with Crippen LogP contribution in [0.5, 0.6) is 11.5 Å². The largest absolute Gasteiger partial charge is 0.493 e. The number of halogens is 1. The van der Waals surface area contributed by atoms with Gasteiger partial charge in [-0.05, 0) is 41.7 Å². The van der Waals surface area contributed by atoms with Crippen molar-refractivity contribution in [3.63, 3.8) is 0 Å². The van der Waals surface area contributed by atoms with Crippen LogP contribution in [0, 0.1) is 0 Å². The number of Topliss-reactive ketones (excluding diaryl/α,β-unsaturated/α-hetero) is 1. The van der Waals surface area contributed by atoms with Crippen molar-refractivity contribution in [3.05, 3.63) is 81.2 Å². The predicted octanol–water partition coefficient (Wildman–Crippen LogP) is 4.52. The number of rotatable bonds is 7. The fourth-order valence-corrected chi connectivity index (χ4v) is 5.17. The summed E-state index contributed by atoms with van der Waals surface area (Å²) in [7, 11) is 6.04. The standard InChI is InChI=1S/C27H28ClNO6/c1-32-14-20-26(27(31)35-4)24(17-7-5-6-8-18(17)28)25-19(29-20)11-16(12-21(25)30)15-9-10-22(33-2)23(13-15)34-3/h5-10,13,16,24,29H,11-12,14H2,1-4H3. The SMILES string of the molecule is COCC1=C(C(=O)OC)C(c2ccccc2Cl)C2=C(CC(c3ccc(OC)c(OC)c3)CC2=O)N1. The number of ketones is 1. The molecule has 0 saturated carbocycles. The lowest BCUT2D eigenvalue weighted by Crippen LogP contribution is -2.37. The molecule has 35 heavy (non-hydrogen) atoms. The molecule has 0 spiro atoms. The first kappa shape index (κ1) is 24.8. The van der Waals surface area contributed by atoms with Crippen molar-refractivity contribution in [1.29, 1.82) is 0 Å². The molecular weight excluding hydrogens is 470 g/mol. The second-order valence-corrected chi connectivity index (χ2v) is 8.84. The number of hydrogen-bond acceptors (Lipinski definition) is 7. The smallest absolute Gasteiger partial charge is 0.336 e. The van der Waals surface area contributed by atoms with E-state index in [4.69, 9.17) is 30.5 Å². The third-order valence-electron chi connectivity index (χ3n) is 6.50. The number of methoxy groups -OCH3 is 4. The van der Waals surface area contributed by atoms with Gasteiger partial charge in [0, 0.05) is 35.7 Å². The third-order valence-corrected chi connectivity index (χ3v) is 6.85. The Bertz CT molecular complexity index is 1220. The van der Waals surface area contributed by atoms with Crippen molar-refractivity contribution in [3.8, 4) is 11.5 Å². The number of benzene rings is 2. The van der Waals surface area contributed by atoms with Crippen molar-refractivity contribution in [2.24, 2.45) is 0 Å². The van der Waals surface area contributed by atoms with Crippen LogP contribution in [0.25, 0.3) is 0 Å². The Morgan fingerprint density at radius 2 is 1.77 bits per heavy atom. The van der Waals surface area contributed by atoms with Gasteiger partial charge in [0.05, 0.1) is 39.2 Å². The van der Waals surface area contributed by atoms with Crippen LogP contribution >= 0.6 is 11.6 Å². The fraction of sp³-hybridized carbons (Fsp3) is 0.333. The molecule has 4 rings (SSSR count). The second-order valence-electron chi connectivity index (χ2n) is 8.43. The lowest BCUT2D eigenvalue weighted by molar-refractivity contribution is -0.136. The minimum Gasteiger partial charge on any atom is -0.493 e. The van der Waals surface area contributed by atoms with Crippen molar-refractivity contribution < 1.29 is 28.5 Å². The number of allylic oxidation sites excluding steroid dienone is 2. The van der Waals surface area contributed by atoms with E-state index in [-0.39, 0.29) is 24.7 Å². The van der Waals surface area contributed by atoms with Crippen molar-refractivity contribution in [2.75, 3.05) is 35.0 Å². The first-order chi connectivity index (χ1) is 16.9. The molecule has 2 aromatic carbocycles. The maximum atomic E-state index is 13.7. The molecular formula is C27H28ClNO6. The van der Waals surface area contributed by atoms with Gasteiger partial charge in [0.15, 0.2) is 17.3 Å². The van der Waals surface area contributed by atoms with E-state index in [0.717, 1.165) is 11.3 Å². The zero-order valence-corrected chi connectivity index (χ0v) is 20.9. The highest BCUT2D eigenvalue weighted by atomic mass is 35.5. The first-order valence-corrected chi connectivity index (χ1v) is 11.6. The van der Waals surface area contributed by atoms with Gasteiger partial charge in [-0.1, -0.05) is 35.9 Å². The number of ether oxygens (including phenoxy) is 4. The highest BCUT2D eigenvalue weighted by molar-refractivity contribution is 6.31. The van der Waals surface area contributed by atoms with E-state index in [1.807, 2.05) is 36.4 Å². The van der Waals surface area contributed by atoms with E-state index in [2.05, 4.69) is 5.32 Å². The molecule has 0 radical (unpaired) electrons. The van der Waals surface area contributed by atoms with Gasteiger partial charge < -0.3 is 24.3 Å². The quantitative estimate of drug-likeness (QED) is 0.563. The summed E-state index contributed by atoms with van der Waals surface area (Å²) >= 11 is 6.57. The van der Waals surface area contributed by atoms with Crippen LogP contribution in [0.2, 0.25) is 5.02 Å². The molecule has 2 aromatic rings. The van der Waals surface area contributed by atoms with Gasteiger partial charge in [-0.2, -0.15) is 0 Å². The van der Waals surface area contributed by atoms with Gasteiger partial charge in [-0.25, -0.2) is 4.79 Å². The monoisotopic (exact) mass is 497 g/mol. The van der Waals surface area contributed by atoms with E-state index in [1.54, 1.807) is 27.4 Å². The van der Waals surface area contributed by atoms with Gasteiger partial charge in [0.2, 0.25) is 0 Å². The minimum absolute atomic E-state index is 0.0543. The van der Waals surface area contributed by atoms with Crippen molar-refractivity contribution in [1.82, 2.24) is 5.32 Å². The second kappa shape index (κ2) is 10.5. The Kier molecular flexibility index (Phi) is 7.48. The molecule has 7 nitrogen and oxygen atoms in total. The summed E-state index contributed by atoms with van der Waals surface area (Å²) in [6.45, 7) is 0.150. The van der Waals surface area contributed by atoms with Crippen molar-refractivity contribution >= 4 is 23.4 Å². The molecule has 1 heterocycles. The third kappa shape index (κ3) is 4.66. The average Bonchev–Trinajstić information content (AvgIpc) is 2.87. The van der Waals surface area contributed by atoms with Gasteiger partial charge in [-0.15, -0.1) is 0 Å². The van der Waals surface area contributed by atoms with Crippen LogP contribution < -0.4 is 14.8 Å². The van der Waals surface area contributed by atoms with Crippen LogP contribution in [-0.2, 0) is 19.1 Å². The molecule has 2 aliphatic rings. The maximum Gasteiger partial charge on any atom is 0.336 e. The molecule has 1 N–H and O–H groups in total. The molecule has 2 unspecified atom stereocenters. The number of nitrogens with one attached hydrogen (secondary N) is 1. The molecule has 1 aliphatic carbocycles. The Morgan fingerprint density at radius 3 is 2.43 bits per heavy atom. The molecule has 0 saturated heterocycles. The molecule has 184 valence electrons. The Balaban J connectivity index is 1.83. The highest BCUT2D eigenvalue weighted by Crippen LogP contribution is 2.47. The minimum atomic E-state index is -0.656. The summed E-state index contributed by atoms with van der Waals surface area (Å²) in [5, 5.41) is 3.81. The normalized spacial score (nSPS) is 19.7. The molecule has 0 bridgehead atoms. The summed E-state index contributed by atoms with van der Waals surface area (Å²) in [6, 6.07) is 12.9. The molecule has 1 aliphatic heterocycles. The zero-order chi connectivity index (χ0) is 25.1. The van der Waals surface area contributed by atoms with Crippen LogP contribution in [0.4, 0.5) is 0 Å². The van der Waals surface area contributed by atoms with E-state index in [0.29, 0.717) is 45.3 Å². The van der Waals surface area contributed by atoms with E-state index in [1.165, 1.54) is 7.11 Å². The van der Waals surface area contributed by atoms with Crippen molar-refractivity contribution in [2.45, 2.75) is 24.7 Å². The highest BCUT2D eigenvalue weighted by Gasteiger charge is 2.42. The van der Waals surface area contributed by atoms with Gasteiger partial charge in [0.25, 0.3) is 0 Å². The topological polar surface area (TPSA) is 83.1 Å². The van der Waals surface area contributed by atoms with E-state index < -0.39 is 11.9 Å². The number of carbonyl (C=O) groups excluding carboxylic acids is 2. The van der Waals surface area contributed by atoms with Crippen LogP contribution in [-0.4, -0.2) is 46.8 Å². The Labute approximate surface area is 209 Å². The number of hydrogen-bond donors (Lipinski definition) is 1. The Morgan fingerprint density at radius 1 is 1.03 bits per heavy atom. The van der Waals surface area contributed by atoms with Crippen LogP contribution in [0.1, 0.15) is 35.8 Å². The Hall–Kier alpha value is -3.29. The van der Waals surface area contributed by atoms with Crippen LogP contribution in [0.3, 0.4) is 0 Å². The van der Waals surface area contributed by atoms with Gasteiger partial charge in [-0.3, -0.25) is 4.79 Å². The van der Waals surface area contributed by atoms with Gasteiger partial charge in [0.1, 0.15) is 0 Å². The maximum absolute atomic E-state index is 13.7. The average molecular weight is 498 g/mol. The molecule has 8 heteroatoms. The molecule has 0 amide bonds. The predicted molar refractivity (Wildman–Crippen MR) is 132 cm³/mol. The summed E-state index contributed by atoms with van der Waals surface area (Å²) in [5.74, 6) is -0.0888. The first-order valence-electron chi connectivity index (χ1n) is 11.2. The molecule has 0 fully saturated rings. The van der Waals surface area contributed by atoms with Crippen LogP contribution in [0.15, 0.2) is 65.0 Å². The fourth-order valence-electron chi connectivity index (χ4n) is 4.92. The molecule has 2 atom stereocenters. The summed E-state index contributed by atoms with van der Waals surface area (Å²) in [6.07, 6.45) is 0.851. The van der Waals surface area contributed by atoms with Gasteiger partial charge >= 0.3 is 5.97 Å². The number of esters is 1. The summed E-state index contributed by atoms with van der Waals surface area (Å²) in [4.78, 5) is 26.7. The zero-order valence-electron chi connectivity index (χ0n) is 20.1. The summed E-state index contributed by atoms with van der Waals surface area (Å²) in [5.41, 5.74) is 3.83. The number of dihydropyridines is 1. The summed E-state index contributed by atoms with van der Waals surface area (Å²) < 4.78 is 21.3. The number of carbonyl (C=O) groups is 2. The molecule has 0 aromatic heterocycles.